The van der Waals surface area contributed by atoms with Gasteiger partial charge in [-0.3, -0.25) is 19.3 Å². The van der Waals surface area contributed by atoms with Gasteiger partial charge in [-0.25, -0.2) is 0 Å². The number of unbranched alkanes of at least 4 members (excludes halogenated alkanes) is 3. The Bertz CT molecular complexity index is 1800. The average Bonchev–Trinajstić information content (AvgIpc) is 3.28. The van der Waals surface area contributed by atoms with Gasteiger partial charge in [-0.15, -0.1) is 0 Å². The first kappa shape index (κ1) is 59.9. The second kappa shape index (κ2) is 26.0. The van der Waals surface area contributed by atoms with Crippen molar-refractivity contribution in [3.63, 3.8) is 0 Å². The first-order valence-electron chi connectivity index (χ1n) is 25.6. The van der Waals surface area contributed by atoms with E-state index in [0.717, 1.165) is 18.4 Å². The second-order valence-electron chi connectivity index (χ2n) is 21.8. The molecule has 3 aliphatic heterocycles. The molecule has 18 heteroatoms. The third-order valence-electron chi connectivity index (χ3n) is 15.1. The Morgan fingerprint density at radius 1 is 0.871 bits per heavy atom. The summed E-state index contributed by atoms with van der Waals surface area (Å²) < 4.78 is 32.0. The number of ketones is 1. The van der Waals surface area contributed by atoms with Crippen LogP contribution in [0.2, 0.25) is 0 Å². The van der Waals surface area contributed by atoms with Gasteiger partial charge >= 0.3 is 5.97 Å². The molecule has 0 spiro atoms. The van der Waals surface area contributed by atoms with Crippen molar-refractivity contribution in [2.24, 2.45) is 17.8 Å². The quantitative estimate of drug-likeness (QED) is 0.0819. The predicted octanol–water partition coefficient (Wildman–Crippen LogP) is 3.66. The zero-order valence-corrected chi connectivity index (χ0v) is 44.0. The SMILES string of the molecule is CC[C@H]1OC(=O)[C@H](C)[C@@H](O[C@H]2C[C@@](C)(O)[C@@H](O)[C@H](C)O2)[C@H](C)[C@@H](O[C@@H]2O[C@H](C)C[C@H](N(C)Cc3ccc(NC(=O)CCCCCCC(=O)CO)cc3)[C@@H]2O)[C@](C)(O)C[C@@H](C)CN(C)[C@H](C)[C@@H](O)[C@]1(C)O. The molecule has 3 saturated heterocycles. The normalized spacial score (nSPS) is 39.7. The van der Waals surface area contributed by atoms with Crippen LogP contribution in [0.4, 0.5) is 5.69 Å². The summed E-state index contributed by atoms with van der Waals surface area (Å²) in [7, 11) is 3.71. The number of carbonyl (C=O) groups excluding carboxylic acids is 3. The minimum Gasteiger partial charge on any atom is -0.459 e. The molecule has 1 aromatic carbocycles. The van der Waals surface area contributed by atoms with Gasteiger partial charge in [0.05, 0.1) is 41.5 Å². The molecule has 18 nitrogen and oxygen atoms in total. The number of amides is 1. The number of hydrogen-bond acceptors (Lipinski definition) is 17. The highest BCUT2D eigenvalue weighted by Crippen LogP contribution is 2.40. The average molecular weight is 996 g/mol. The Balaban J connectivity index is 1.61. The number of nitrogens with zero attached hydrogens (tertiary/aromatic N) is 2. The predicted molar refractivity (Wildman–Crippen MR) is 262 cm³/mol. The summed E-state index contributed by atoms with van der Waals surface area (Å²) in [5, 5.41) is 82.2. The number of anilines is 1. The van der Waals surface area contributed by atoms with Gasteiger partial charge in [0.25, 0.3) is 0 Å². The smallest absolute Gasteiger partial charge is 0.311 e. The molecule has 3 heterocycles. The van der Waals surface area contributed by atoms with E-state index in [1.165, 1.54) is 13.8 Å². The molecule has 1 aromatic rings. The van der Waals surface area contributed by atoms with Crippen molar-refractivity contribution in [3.8, 4) is 0 Å². The number of ether oxygens (including phenoxy) is 5. The van der Waals surface area contributed by atoms with Crippen LogP contribution in [0.25, 0.3) is 0 Å². The molecule has 0 saturated carbocycles. The number of benzene rings is 1. The van der Waals surface area contributed by atoms with Gasteiger partial charge in [0.15, 0.2) is 18.4 Å². The van der Waals surface area contributed by atoms with E-state index < -0.39 is 115 Å². The van der Waals surface area contributed by atoms with Gasteiger partial charge in [0.1, 0.15) is 36.6 Å². The Morgan fingerprint density at radius 3 is 2.10 bits per heavy atom. The summed E-state index contributed by atoms with van der Waals surface area (Å²) in [5.74, 6) is -3.24. The molecule has 8 N–H and O–H groups in total. The van der Waals surface area contributed by atoms with Gasteiger partial charge in [-0.1, -0.05) is 45.7 Å². The molecule has 70 heavy (non-hydrogen) atoms. The maximum absolute atomic E-state index is 14.4. The van der Waals surface area contributed by atoms with Crippen LogP contribution in [0, 0.1) is 17.8 Å². The van der Waals surface area contributed by atoms with Crippen molar-refractivity contribution >= 4 is 23.3 Å². The lowest BCUT2D eigenvalue weighted by Crippen LogP contribution is -2.60. The number of esters is 1. The summed E-state index contributed by atoms with van der Waals surface area (Å²) in [5.41, 5.74) is -3.56. The Morgan fingerprint density at radius 2 is 1.50 bits per heavy atom. The lowest BCUT2D eigenvalue weighted by molar-refractivity contribution is -0.317. The number of aliphatic hydroxyl groups excluding tert-OH is 4. The molecule has 0 bridgehead atoms. The molecule has 1 amide bonds. The van der Waals surface area contributed by atoms with Crippen LogP contribution >= 0.6 is 0 Å². The Hall–Kier alpha value is -2.69. The molecule has 0 unspecified atom stereocenters. The van der Waals surface area contributed by atoms with Crippen LogP contribution in [0.3, 0.4) is 0 Å². The molecular formula is C52H89N3O15. The van der Waals surface area contributed by atoms with Gasteiger partial charge in [0, 0.05) is 56.0 Å². The van der Waals surface area contributed by atoms with E-state index in [-0.39, 0.29) is 36.9 Å². The van der Waals surface area contributed by atoms with E-state index in [4.69, 9.17) is 28.8 Å². The summed E-state index contributed by atoms with van der Waals surface area (Å²) in [4.78, 5) is 42.2. The number of aliphatic hydroxyl groups is 7. The van der Waals surface area contributed by atoms with Crippen molar-refractivity contribution in [1.29, 1.82) is 0 Å². The van der Waals surface area contributed by atoms with Crippen molar-refractivity contribution in [3.05, 3.63) is 29.8 Å². The zero-order chi connectivity index (χ0) is 52.5. The van der Waals surface area contributed by atoms with Gasteiger partial charge < -0.3 is 69.6 Å². The molecule has 3 fully saturated rings. The fourth-order valence-corrected chi connectivity index (χ4v) is 10.8. The first-order valence-corrected chi connectivity index (χ1v) is 25.6. The zero-order valence-electron chi connectivity index (χ0n) is 44.0. The van der Waals surface area contributed by atoms with Crippen LogP contribution in [0.1, 0.15) is 139 Å². The minimum atomic E-state index is -1.86. The van der Waals surface area contributed by atoms with E-state index in [1.807, 2.05) is 62.0 Å². The van der Waals surface area contributed by atoms with E-state index in [2.05, 4.69) is 5.32 Å². The third-order valence-corrected chi connectivity index (χ3v) is 15.1. The molecule has 4 rings (SSSR count). The van der Waals surface area contributed by atoms with E-state index in [9.17, 15) is 45.0 Å². The molecular weight excluding hydrogens is 907 g/mol. The topological polar surface area (TPSA) is 257 Å². The lowest BCUT2D eigenvalue weighted by Gasteiger charge is -2.48. The van der Waals surface area contributed by atoms with E-state index in [1.54, 1.807) is 41.5 Å². The van der Waals surface area contributed by atoms with Crippen molar-refractivity contribution in [1.82, 2.24) is 9.80 Å². The highest BCUT2D eigenvalue weighted by Gasteiger charge is 2.52. The minimum absolute atomic E-state index is 0.106. The molecule has 0 aliphatic carbocycles. The maximum atomic E-state index is 14.4. The summed E-state index contributed by atoms with van der Waals surface area (Å²) in [6, 6.07) is 6.43. The lowest BCUT2D eigenvalue weighted by atomic mass is 9.77. The summed E-state index contributed by atoms with van der Waals surface area (Å²) in [6.07, 6.45) is -6.51. The number of carbonyl (C=O) groups is 3. The standard InChI is InChI=1S/C52H89N3O15/c1-13-40-52(10,65)45(60)34(6)54(11)27-30(2)25-51(9,64)47(32(4)44(33(5)48(62)68-40)69-42-26-50(8,63)46(61)35(7)67-42)70-49-43(59)39(24-31(3)66-49)55(12)28-36-20-22-37(23-21-36)53-41(58)19-17-15-14-16-18-38(57)29-56/h20-23,30-35,39-40,42-47,49,56,59-61,63-65H,13-19,24-29H2,1-12H3,(H,53,58)/t30-,31-,32+,33-,34-,35+,39+,40-,42+,43+,44+,45-,46+,47-,49+,50-,51-,52-/m1/s1. The molecule has 0 aromatic heterocycles. The maximum Gasteiger partial charge on any atom is 0.311 e. The summed E-state index contributed by atoms with van der Waals surface area (Å²) >= 11 is 0. The number of hydrogen-bond donors (Lipinski definition) is 8. The van der Waals surface area contributed by atoms with Crippen molar-refractivity contribution in [2.45, 2.75) is 230 Å². The molecule has 3 aliphatic rings. The van der Waals surface area contributed by atoms with Crippen LogP contribution in [0.5, 0.6) is 0 Å². The molecule has 402 valence electrons. The number of nitrogens with one attached hydrogen (secondary N) is 1. The second-order valence-corrected chi connectivity index (χ2v) is 21.8. The number of rotatable bonds is 17. The largest absolute Gasteiger partial charge is 0.459 e. The van der Waals surface area contributed by atoms with Gasteiger partial charge in [-0.05, 0) is 118 Å². The van der Waals surface area contributed by atoms with Gasteiger partial charge in [0.2, 0.25) is 5.91 Å². The molecule has 0 radical (unpaired) electrons. The number of cyclic esters (lactones) is 1. The van der Waals surface area contributed by atoms with Crippen LogP contribution in [-0.2, 0) is 44.6 Å². The van der Waals surface area contributed by atoms with E-state index >= 15 is 0 Å². The number of Topliss-reactive ketones (excluding diaryl/α,β-unsaturated/α-hetero) is 1. The van der Waals surface area contributed by atoms with Crippen LogP contribution in [0.15, 0.2) is 24.3 Å². The highest BCUT2D eigenvalue weighted by atomic mass is 16.7. The first-order chi connectivity index (χ1) is 32.6. The summed E-state index contributed by atoms with van der Waals surface area (Å²) in [6.45, 7) is 17.3. The highest BCUT2D eigenvalue weighted by molar-refractivity contribution is 5.90. The fourth-order valence-electron chi connectivity index (χ4n) is 10.8. The van der Waals surface area contributed by atoms with Crippen LogP contribution in [-0.4, -0.2) is 181 Å². The Kier molecular flexibility index (Phi) is 22.2. The van der Waals surface area contributed by atoms with Crippen molar-refractivity contribution < 1.29 is 73.8 Å². The fraction of sp³-hybridized carbons (Fsp3) is 0.827. The van der Waals surface area contributed by atoms with E-state index in [0.29, 0.717) is 50.9 Å². The van der Waals surface area contributed by atoms with Gasteiger partial charge in [-0.2, -0.15) is 0 Å². The Labute approximate surface area is 416 Å². The van der Waals surface area contributed by atoms with Crippen molar-refractivity contribution in [2.75, 3.05) is 32.6 Å². The molecule has 18 atom stereocenters. The third kappa shape index (κ3) is 15.9. The monoisotopic (exact) mass is 996 g/mol. The van der Waals surface area contributed by atoms with Crippen LogP contribution < -0.4 is 5.32 Å². The number of likely N-dealkylation sites (N-methyl/N-ethyl adjacent to an activating group) is 2.